The Balaban J connectivity index is 3.35. The molecule has 0 heterocycles. The van der Waals surface area contributed by atoms with E-state index in [0.29, 0.717) is 25.9 Å². The first-order valence-corrected chi connectivity index (χ1v) is 38.1. The average molecular weight is 1170 g/mol. The summed E-state index contributed by atoms with van der Waals surface area (Å²) in [6.45, 7) is 4.99. The normalized spacial score (nSPS) is 12.6. The molecule has 6 heteroatoms. The molecule has 0 aliphatic rings. The van der Waals surface area contributed by atoms with E-state index in [9.17, 15) is 19.8 Å². The minimum absolute atomic E-state index is 0.0111. The molecule has 0 bridgehead atoms. The number of aliphatic hydroxyl groups is 2. The van der Waals surface area contributed by atoms with Gasteiger partial charge in [-0.1, -0.05) is 366 Å². The fourth-order valence-corrected chi connectivity index (χ4v) is 12.2. The SMILES string of the molecule is CCCCCCCC/C=C\CCCCCCCC(=O)OCCCCCCCCCCCCCC/C=C\CCCCCCCCCCCCCCCCCCC(=O)NC(CO)C(O)CCCCCCCCCCCCCCCCCCCCC. The zero-order valence-corrected chi connectivity index (χ0v) is 56.5. The molecule has 83 heavy (non-hydrogen) atoms. The van der Waals surface area contributed by atoms with Crippen molar-refractivity contribution in [2.24, 2.45) is 0 Å². The number of nitrogens with one attached hydrogen (secondary N) is 1. The maximum Gasteiger partial charge on any atom is 0.305 e. The number of hydrogen-bond donors (Lipinski definition) is 3. The molecule has 0 radical (unpaired) electrons. The first kappa shape index (κ1) is 81.3. The first-order valence-electron chi connectivity index (χ1n) is 38.1. The third-order valence-corrected chi connectivity index (χ3v) is 18.0. The lowest BCUT2D eigenvalue weighted by Crippen LogP contribution is -2.45. The lowest BCUT2D eigenvalue weighted by atomic mass is 10.0. The third-order valence-electron chi connectivity index (χ3n) is 18.0. The number of esters is 1. The second-order valence-corrected chi connectivity index (χ2v) is 26.3. The van der Waals surface area contributed by atoms with Crippen molar-refractivity contribution in [2.75, 3.05) is 13.2 Å². The molecule has 0 saturated carbocycles. The minimum Gasteiger partial charge on any atom is -0.466 e. The fourth-order valence-electron chi connectivity index (χ4n) is 12.2. The minimum atomic E-state index is -0.663. The van der Waals surface area contributed by atoms with E-state index >= 15 is 0 Å². The highest BCUT2D eigenvalue weighted by atomic mass is 16.5. The van der Waals surface area contributed by atoms with E-state index < -0.39 is 12.1 Å². The Hall–Kier alpha value is -1.66. The van der Waals surface area contributed by atoms with Crippen molar-refractivity contribution in [1.82, 2.24) is 5.32 Å². The van der Waals surface area contributed by atoms with Crippen molar-refractivity contribution in [1.29, 1.82) is 0 Å². The summed E-state index contributed by atoms with van der Waals surface area (Å²) in [5.41, 5.74) is 0. The standard InChI is InChI=1S/C77H149NO5/c1-3-5-7-9-11-13-15-17-19-20-35-38-42-45-49-53-57-61-65-69-75(80)74(73-79)78-76(81)70-66-62-58-54-50-46-43-39-36-33-31-29-27-25-23-21-22-24-26-28-30-32-34-37-40-44-48-52-56-60-64-68-72-83-77(82)71-67-63-59-55-51-47-41-18-16-14-12-10-8-6-4-2/h18,24,26,41,74-75,79-80H,3-17,19-23,25,27-40,42-73H2,1-2H3,(H,78,81)/b26-24-,41-18-. The van der Waals surface area contributed by atoms with E-state index in [2.05, 4.69) is 43.5 Å². The number of carbonyl (C=O) groups excluding carboxylic acids is 2. The monoisotopic (exact) mass is 1170 g/mol. The Morgan fingerprint density at radius 3 is 0.855 bits per heavy atom. The van der Waals surface area contributed by atoms with Gasteiger partial charge < -0.3 is 20.3 Å². The average Bonchev–Trinajstić information content (AvgIpc) is 3.49. The summed E-state index contributed by atoms with van der Waals surface area (Å²) in [6.07, 6.45) is 92.5. The Bertz CT molecular complexity index is 1300. The predicted octanol–water partition coefficient (Wildman–Crippen LogP) is 24.9. The summed E-state index contributed by atoms with van der Waals surface area (Å²) in [4.78, 5) is 24.6. The number of rotatable bonds is 72. The Kier molecular flexibility index (Phi) is 71.4. The van der Waals surface area contributed by atoms with Gasteiger partial charge in [-0.2, -0.15) is 0 Å². The molecule has 0 aliphatic carbocycles. The number of hydrogen-bond acceptors (Lipinski definition) is 5. The second-order valence-electron chi connectivity index (χ2n) is 26.3. The van der Waals surface area contributed by atoms with Crippen LogP contribution in [0.2, 0.25) is 0 Å². The summed E-state index contributed by atoms with van der Waals surface area (Å²) in [7, 11) is 0. The third kappa shape index (κ3) is 69.3. The molecule has 0 fully saturated rings. The lowest BCUT2D eigenvalue weighted by molar-refractivity contribution is -0.143. The molecule has 0 spiro atoms. The number of ether oxygens (including phenoxy) is 1. The highest BCUT2D eigenvalue weighted by molar-refractivity contribution is 5.76. The predicted molar refractivity (Wildman–Crippen MR) is 366 cm³/mol. The molecule has 0 aromatic carbocycles. The maximum atomic E-state index is 12.5. The summed E-state index contributed by atoms with van der Waals surface area (Å²) in [6, 6.07) is -0.540. The van der Waals surface area contributed by atoms with Crippen LogP contribution < -0.4 is 5.32 Å². The van der Waals surface area contributed by atoms with Gasteiger partial charge >= 0.3 is 5.97 Å². The van der Waals surface area contributed by atoms with E-state index in [-0.39, 0.29) is 18.5 Å². The molecule has 0 aromatic rings. The number of aliphatic hydroxyl groups excluding tert-OH is 2. The van der Waals surface area contributed by atoms with Crippen LogP contribution in [-0.2, 0) is 14.3 Å². The molecule has 0 aliphatic heterocycles. The number of amides is 1. The fraction of sp³-hybridized carbons (Fsp3) is 0.922. The molecule has 1 amide bonds. The van der Waals surface area contributed by atoms with Crippen LogP contribution in [0.5, 0.6) is 0 Å². The largest absolute Gasteiger partial charge is 0.466 e. The van der Waals surface area contributed by atoms with Gasteiger partial charge in [-0.05, 0) is 77.0 Å². The van der Waals surface area contributed by atoms with Gasteiger partial charge in [0.15, 0.2) is 0 Å². The zero-order chi connectivity index (χ0) is 59.9. The van der Waals surface area contributed by atoms with Gasteiger partial charge in [0.05, 0.1) is 25.4 Å². The van der Waals surface area contributed by atoms with Crippen LogP contribution in [-0.4, -0.2) is 47.4 Å². The molecular formula is C77H149NO5. The summed E-state index contributed by atoms with van der Waals surface area (Å²) in [5.74, 6) is -0.0167. The Morgan fingerprint density at radius 2 is 0.566 bits per heavy atom. The van der Waals surface area contributed by atoms with Crippen molar-refractivity contribution in [3.8, 4) is 0 Å². The Morgan fingerprint density at radius 1 is 0.325 bits per heavy atom. The lowest BCUT2D eigenvalue weighted by Gasteiger charge is -2.22. The molecule has 6 nitrogen and oxygen atoms in total. The van der Waals surface area contributed by atoms with E-state index in [1.807, 2.05) is 0 Å². The van der Waals surface area contributed by atoms with Crippen molar-refractivity contribution < 1.29 is 24.5 Å². The van der Waals surface area contributed by atoms with Gasteiger partial charge in [-0.25, -0.2) is 0 Å². The zero-order valence-electron chi connectivity index (χ0n) is 56.5. The quantitative estimate of drug-likeness (QED) is 0.0320. The van der Waals surface area contributed by atoms with Gasteiger partial charge in [0.1, 0.15) is 0 Å². The Labute approximate surface area is 520 Å². The van der Waals surface area contributed by atoms with Crippen LogP contribution in [0.15, 0.2) is 24.3 Å². The van der Waals surface area contributed by atoms with Gasteiger partial charge in [-0.3, -0.25) is 9.59 Å². The van der Waals surface area contributed by atoms with Crippen LogP contribution in [0.3, 0.4) is 0 Å². The van der Waals surface area contributed by atoms with Crippen LogP contribution in [0.25, 0.3) is 0 Å². The van der Waals surface area contributed by atoms with Crippen LogP contribution in [0.4, 0.5) is 0 Å². The van der Waals surface area contributed by atoms with Gasteiger partial charge in [0.2, 0.25) is 5.91 Å². The second kappa shape index (κ2) is 72.8. The van der Waals surface area contributed by atoms with Crippen molar-refractivity contribution in [3.05, 3.63) is 24.3 Å². The topological polar surface area (TPSA) is 95.9 Å². The number of unbranched alkanes of at least 4 members (excludes halogenated alkanes) is 57. The highest BCUT2D eigenvalue weighted by Gasteiger charge is 2.20. The van der Waals surface area contributed by atoms with Crippen molar-refractivity contribution in [2.45, 2.75) is 443 Å². The molecule has 0 saturated heterocycles. The van der Waals surface area contributed by atoms with E-state index in [4.69, 9.17) is 4.74 Å². The van der Waals surface area contributed by atoms with Crippen LogP contribution >= 0.6 is 0 Å². The van der Waals surface area contributed by atoms with E-state index in [1.54, 1.807) is 0 Å². The molecule has 492 valence electrons. The van der Waals surface area contributed by atoms with Crippen LogP contribution in [0.1, 0.15) is 431 Å². The van der Waals surface area contributed by atoms with Gasteiger partial charge in [0.25, 0.3) is 0 Å². The number of allylic oxidation sites excluding steroid dienone is 4. The molecular weight excluding hydrogens is 1020 g/mol. The summed E-state index contributed by atoms with van der Waals surface area (Å²) < 4.78 is 5.49. The molecule has 2 unspecified atom stereocenters. The van der Waals surface area contributed by atoms with E-state index in [1.165, 1.54) is 353 Å². The summed E-state index contributed by atoms with van der Waals surface area (Å²) >= 11 is 0. The van der Waals surface area contributed by atoms with Crippen LogP contribution in [0, 0.1) is 0 Å². The highest BCUT2D eigenvalue weighted by Crippen LogP contribution is 2.19. The molecule has 3 N–H and O–H groups in total. The first-order chi connectivity index (χ1) is 41.0. The number of carbonyl (C=O) groups is 2. The molecule has 0 rings (SSSR count). The van der Waals surface area contributed by atoms with E-state index in [0.717, 1.165) is 44.9 Å². The summed E-state index contributed by atoms with van der Waals surface area (Å²) in [5, 5.41) is 23.4. The smallest absolute Gasteiger partial charge is 0.305 e. The molecule has 2 atom stereocenters. The van der Waals surface area contributed by atoms with Gasteiger partial charge in [-0.15, -0.1) is 0 Å². The van der Waals surface area contributed by atoms with Gasteiger partial charge in [0, 0.05) is 12.8 Å². The van der Waals surface area contributed by atoms with Crippen molar-refractivity contribution >= 4 is 11.9 Å². The van der Waals surface area contributed by atoms with Crippen molar-refractivity contribution in [3.63, 3.8) is 0 Å². The maximum absolute atomic E-state index is 12.5. The molecule has 0 aromatic heterocycles.